The normalized spacial score (nSPS) is 11.7. The second-order valence-electron chi connectivity index (χ2n) is 2.35. The maximum atomic E-state index is 10.9. The summed E-state index contributed by atoms with van der Waals surface area (Å²) < 4.78 is 2.34. The SMILES string of the molecule is O=C(OC(=O)C(Cl)(Cl)Cl)C(=O)OC(=O)C(Cl)(Cl)Cl. The first kappa shape index (κ1) is 18.0. The van der Waals surface area contributed by atoms with Gasteiger partial charge < -0.3 is 9.47 Å². The zero-order valence-corrected chi connectivity index (χ0v) is 12.3. The van der Waals surface area contributed by atoms with Crippen molar-refractivity contribution < 1.29 is 28.7 Å². The number of ether oxygens (including phenoxy) is 2. The van der Waals surface area contributed by atoms with Gasteiger partial charge in [-0.25, -0.2) is 19.2 Å². The summed E-state index contributed by atoms with van der Waals surface area (Å²) in [6, 6.07) is 0. The van der Waals surface area contributed by atoms with Crippen molar-refractivity contribution in [3.63, 3.8) is 0 Å². The van der Waals surface area contributed by atoms with Gasteiger partial charge in [-0.05, 0) is 0 Å². The van der Waals surface area contributed by atoms with Gasteiger partial charge in [0, 0.05) is 0 Å². The first-order chi connectivity index (χ1) is 7.85. The lowest BCUT2D eigenvalue weighted by Gasteiger charge is -2.10. The summed E-state index contributed by atoms with van der Waals surface area (Å²) in [6.07, 6.45) is 0. The predicted molar refractivity (Wildman–Crippen MR) is 62.8 cm³/mol. The summed E-state index contributed by atoms with van der Waals surface area (Å²) in [5, 5.41) is 0. The molecule has 6 nitrogen and oxygen atoms in total. The number of rotatable bonds is 0. The van der Waals surface area contributed by atoms with Crippen LogP contribution in [0.4, 0.5) is 0 Å². The molecule has 0 unspecified atom stereocenters. The van der Waals surface area contributed by atoms with E-state index in [1.54, 1.807) is 0 Å². The monoisotopic (exact) mass is 378 g/mol. The molecule has 0 saturated heterocycles. The van der Waals surface area contributed by atoms with Crippen LogP contribution in [-0.4, -0.2) is 31.5 Å². The zero-order valence-electron chi connectivity index (χ0n) is 7.72. The molecule has 0 rings (SSSR count). The molecule has 0 bridgehead atoms. The molecule has 0 aromatic carbocycles. The highest BCUT2D eigenvalue weighted by atomic mass is 35.6. The number of carbonyl (C=O) groups excluding carboxylic acids is 4. The number of carbonyl (C=O) groups is 4. The van der Waals surface area contributed by atoms with E-state index in [1.165, 1.54) is 0 Å². The zero-order chi connectivity index (χ0) is 14.7. The largest absolute Gasteiger partial charge is 0.425 e. The Morgan fingerprint density at radius 2 is 0.833 bits per heavy atom. The fourth-order valence-electron chi connectivity index (χ4n) is 0.367. The van der Waals surface area contributed by atoms with Crippen LogP contribution in [0.15, 0.2) is 0 Å². The fourth-order valence-corrected chi connectivity index (χ4v) is 0.599. The number of halogens is 6. The van der Waals surface area contributed by atoms with E-state index in [1.807, 2.05) is 0 Å². The molecule has 0 aliphatic heterocycles. The molecular formula is C6Cl6O6. The smallest absolute Gasteiger partial charge is 0.381 e. The molecule has 0 heterocycles. The molecule has 0 aliphatic rings. The van der Waals surface area contributed by atoms with E-state index in [4.69, 9.17) is 69.6 Å². The summed E-state index contributed by atoms with van der Waals surface area (Å²) in [4.78, 5) is 43.5. The molecule has 0 spiro atoms. The average molecular weight is 381 g/mol. The van der Waals surface area contributed by atoms with E-state index in [-0.39, 0.29) is 0 Å². The van der Waals surface area contributed by atoms with E-state index in [0.29, 0.717) is 0 Å². The molecule has 0 atom stereocenters. The van der Waals surface area contributed by atoms with Crippen LogP contribution >= 0.6 is 69.6 Å². The summed E-state index contributed by atoms with van der Waals surface area (Å²) in [5.41, 5.74) is 0. The third kappa shape index (κ3) is 6.26. The fraction of sp³-hybridized carbons (Fsp3) is 0.333. The van der Waals surface area contributed by atoms with Crippen molar-refractivity contribution in [3.8, 4) is 0 Å². The van der Waals surface area contributed by atoms with Crippen molar-refractivity contribution in [2.24, 2.45) is 0 Å². The van der Waals surface area contributed by atoms with Gasteiger partial charge in [0.15, 0.2) is 0 Å². The van der Waals surface area contributed by atoms with Gasteiger partial charge in [-0.2, -0.15) is 0 Å². The maximum absolute atomic E-state index is 10.9. The first-order valence-corrected chi connectivity index (χ1v) is 5.78. The topological polar surface area (TPSA) is 86.7 Å². The molecule has 0 aliphatic carbocycles. The summed E-state index contributed by atoms with van der Waals surface area (Å²) in [7, 11) is 0. The van der Waals surface area contributed by atoms with Crippen molar-refractivity contribution in [3.05, 3.63) is 0 Å². The molecule has 0 amide bonds. The van der Waals surface area contributed by atoms with E-state index in [2.05, 4.69) is 9.47 Å². The van der Waals surface area contributed by atoms with Gasteiger partial charge >= 0.3 is 23.9 Å². The van der Waals surface area contributed by atoms with Crippen LogP contribution in [0.1, 0.15) is 0 Å². The molecular weight excluding hydrogens is 381 g/mol. The Hall–Kier alpha value is 0.0200. The Morgan fingerprint density at radius 1 is 0.611 bits per heavy atom. The lowest BCUT2D eigenvalue weighted by Crippen LogP contribution is -2.33. The second kappa shape index (κ2) is 6.45. The van der Waals surface area contributed by atoms with Crippen LogP contribution in [-0.2, 0) is 28.7 Å². The molecule has 12 heteroatoms. The van der Waals surface area contributed by atoms with Crippen LogP contribution in [0.5, 0.6) is 0 Å². The van der Waals surface area contributed by atoms with E-state index < -0.39 is 31.5 Å². The Bertz CT molecular complexity index is 354. The molecule has 0 radical (unpaired) electrons. The van der Waals surface area contributed by atoms with Crippen LogP contribution in [0.25, 0.3) is 0 Å². The minimum Gasteiger partial charge on any atom is -0.381 e. The number of esters is 4. The molecule has 0 fully saturated rings. The van der Waals surface area contributed by atoms with Gasteiger partial charge in [-0.1, -0.05) is 69.6 Å². The summed E-state index contributed by atoms with van der Waals surface area (Å²) >= 11 is 30.2. The number of alkyl halides is 6. The van der Waals surface area contributed by atoms with Gasteiger partial charge in [0.2, 0.25) is 0 Å². The van der Waals surface area contributed by atoms with Crippen molar-refractivity contribution in [1.82, 2.24) is 0 Å². The highest BCUT2D eigenvalue weighted by Crippen LogP contribution is 2.28. The van der Waals surface area contributed by atoms with Crippen molar-refractivity contribution >= 4 is 93.5 Å². The lowest BCUT2D eigenvalue weighted by atomic mass is 10.6. The second-order valence-corrected chi connectivity index (χ2v) is 6.91. The molecule has 102 valence electrons. The Kier molecular flexibility index (Phi) is 6.46. The predicted octanol–water partition coefficient (Wildman–Crippen LogP) is 1.87. The van der Waals surface area contributed by atoms with Crippen molar-refractivity contribution in [1.29, 1.82) is 0 Å². The minimum atomic E-state index is -2.59. The van der Waals surface area contributed by atoms with E-state index in [9.17, 15) is 19.2 Å². The first-order valence-electron chi connectivity index (χ1n) is 3.52. The molecule has 18 heavy (non-hydrogen) atoms. The third-order valence-electron chi connectivity index (χ3n) is 1.00. The molecule has 0 aromatic heterocycles. The Balaban J connectivity index is 4.52. The highest BCUT2D eigenvalue weighted by Gasteiger charge is 2.40. The van der Waals surface area contributed by atoms with Crippen LogP contribution in [0, 0.1) is 0 Å². The maximum Gasteiger partial charge on any atom is 0.425 e. The summed E-state index contributed by atoms with van der Waals surface area (Å²) in [5.74, 6) is -7.19. The van der Waals surface area contributed by atoms with Gasteiger partial charge in [-0.3, -0.25) is 0 Å². The van der Waals surface area contributed by atoms with Crippen LogP contribution in [0.2, 0.25) is 0 Å². The van der Waals surface area contributed by atoms with Crippen molar-refractivity contribution in [2.75, 3.05) is 0 Å². The molecule has 0 N–H and O–H groups in total. The highest BCUT2D eigenvalue weighted by molar-refractivity contribution is 6.76. The molecule has 0 aromatic rings. The van der Waals surface area contributed by atoms with E-state index in [0.717, 1.165) is 0 Å². The summed E-state index contributed by atoms with van der Waals surface area (Å²) in [6.45, 7) is 0. The van der Waals surface area contributed by atoms with E-state index >= 15 is 0 Å². The van der Waals surface area contributed by atoms with Gasteiger partial charge in [0.05, 0.1) is 0 Å². The minimum absolute atomic E-state index is 1.67. The Labute approximate surface area is 129 Å². The van der Waals surface area contributed by atoms with Crippen molar-refractivity contribution in [2.45, 2.75) is 7.59 Å². The third-order valence-corrected chi connectivity index (χ3v) is 1.93. The molecule has 0 saturated carbocycles. The van der Waals surface area contributed by atoms with Crippen LogP contribution in [0.3, 0.4) is 0 Å². The Morgan fingerprint density at radius 3 is 1.00 bits per heavy atom. The standard InChI is InChI=1S/C6Cl6O6/c7-5(8,9)3(15)17-1(13)2(14)18-4(16)6(10,11)12. The van der Waals surface area contributed by atoms with Crippen LogP contribution < -0.4 is 0 Å². The lowest BCUT2D eigenvalue weighted by molar-refractivity contribution is -0.177. The number of hydrogen-bond donors (Lipinski definition) is 0. The quantitative estimate of drug-likeness (QED) is 0.276. The number of hydrogen-bond acceptors (Lipinski definition) is 6. The van der Waals surface area contributed by atoms with Gasteiger partial charge in [0.1, 0.15) is 0 Å². The van der Waals surface area contributed by atoms with Gasteiger partial charge in [0.25, 0.3) is 7.59 Å². The average Bonchev–Trinajstić information content (AvgIpc) is 2.14. The van der Waals surface area contributed by atoms with Gasteiger partial charge in [-0.15, -0.1) is 0 Å².